The Morgan fingerprint density at radius 2 is 0.534 bits per heavy atom. The highest BCUT2D eigenvalue weighted by molar-refractivity contribution is 5.71. The van der Waals surface area contributed by atoms with Crippen LogP contribution in [0.25, 0.3) is 0 Å². The summed E-state index contributed by atoms with van der Waals surface area (Å²) in [4.78, 5) is 38.2. The topological polar surface area (TPSA) is 78.9 Å². The van der Waals surface area contributed by atoms with Crippen molar-refractivity contribution in [2.45, 2.75) is 245 Å². The van der Waals surface area contributed by atoms with Crippen LogP contribution in [-0.4, -0.2) is 37.2 Å². The van der Waals surface area contributed by atoms with Gasteiger partial charge in [-0.25, -0.2) is 0 Å². The fourth-order valence-electron chi connectivity index (χ4n) is 7.47. The maximum absolute atomic E-state index is 12.9. The second-order valence-corrected chi connectivity index (χ2v) is 18.8. The van der Waals surface area contributed by atoms with Gasteiger partial charge in [0.1, 0.15) is 13.2 Å². The average Bonchev–Trinajstić information content (AvgIpc) is 3.39. The molecule has 0 saturated carbocycles. The molecule has 0 radical (unpaired) electrons. The lowest BCUT2D eigenvalue weighted by molar-refractivity contribution is -0.167. The van der Waals surface area contributed by atoms with E-state index >= 15 is 0 Å². The van der Waals surface area contributed by atoms with Crippen LogP contribution in [0.5, 0.6) is 0 Å². The van der Waals surface area contributed by atoms with Crippen molar-refractivity contribution in [3.63, 3.8) is 0 Å². The Balaban J connectivity index is 4.55. The van der Waals surface area contributed by atoms with E-state index in [0.717, 1.165) is 148 Å². The third-order valence-corrected chi connectivity index (χ3v) is 11.8. The first-order valence-electron chi connectivity index (χ1n) is 29.3. The lowest BCUT2D eigenvalue weighted by Gasteiger charge is -2.18. The standard InChI is InChI=1S/C67H106O6/c1-4-7-10-13-16-19-22-25-28-31-33-36-38-41-44-47-50-53-56-59-65(68)71-62-64(73-67(70)61-58-55-52-49-46-43-40-35-30-27-24-21-18-15-12-9-6-3)63-72-66(69)60-57-54-51-48-45-42-39-37-34-32-29-26-23-20-17-14-11-8-5-2/h7-8,10-11,16-21,25-30,33-34,36-37,41-42,44-45,64H,4-6,9,12-15,22-24,31-32,35,38-40,43,46-63H2,1-3H3/b10-7-,11-8-,19-16-,20-17-,21-18-,28-25-,29-26-,30-27-,36-33-,37-34-,44-41-,45-42-. The van der Waals surface area contributed by atoms with Crippen LogP contribution in [-0.2, 0) is 28.6 Å². The number of allylic oxidation sites excluding steroid dienone is 24. The van der Waals surface area contributed by atoms with Gasteiger partial charge in [-0.05, 0) is 141 Å². The number of hydrogen-bond donors (Lipinski definition) is 0. The SMILES string of the molecule is CC/C=C\C/C=C\C/C=C\C/C=C\C/C=C\CCCCCC(=O)OCC(COC(=O)CCCCC/C=C\C/C=C\C/C=C\C/C=C\C/C=C\CC)OC(=O)CCCCCCCCC/C=C\C/C=C\CCCCC. The van der Waals surface area contributed by atoms with Crippen molar-refractivity contribution in [2.24, 2.45) is 0 Å². The van der Waals surface area contributed by atoms with Crippen LogP contribution in [0.4, 0.5) is 0 Å². The van der Waals surface area contributed by atoms with Gasteiger partial charge in [-0.3, -0.25) is 14.4 Å². The molecule has 0 aromatic heterocycles. The van der Waals surface area contributed by atoms with Crippen molar-refractivity contribution < 1.29 is 28.6 Å². The molecule has 6 heteroatoms. The van der Waals surface area contributed by atoms with E-state index in [9.17, 15) is 14.4 Å². The molecule has 410 valence electrons. The number of carbonyl (C=O) groups is 3. The van der Waals surface area contributed by atoms with Gasteiger partial charge in [0.15, 0.2) is 6.10 Å². The second kappa shape index (κ2) is 59.8. The highest BCUT2D eigenvalue weighted by Gasteiger charge is 2.19. The zero-order valence-electron chi connectivity index (χ0n) is 46.8. The van der Waals surface area contributed by atoms with E-state index in [4.69, 9.17) is 14.2 Å². The molecule has 0 saturated heterocycles. The van der Waals surface area contributed by atoms with Crippen LogP contribution in [0, 0.1) is 0 Å². The van der Waals surface area contributed by atoms with Crippen molar-refractivity contribution in [1.29, 1.82) is 0 Å². The molecule has 0 bridgehead atoms. The van der Waals surface area contributed by atoms with Crippen molar-refractivity contribution >= 4 is 17.9 Å². The quantitative estimate of drug-likeness (QED) is 0.0261. The van der Waals surface area contributed by atoms with Gasteiger partial charge in [0.25, 0.3) is 0 Å². The van der Waals surface area contributed by atoms with Gasteiger partial charge in [0.05, 0.1) is 0 Å². The largest absolute Gasteiger partial charge is 0.462 e. The summed E-state index contributed by atoms with van der Waals surface area (Å²) < 4.78 is 16.8. The summed E-state index contributed by atoms with van der Waals surface area (Å²) in [6.07, 6.45) is 85.4. The van der Waals surface area contributed by atoms with E-state index in [-0.39, 0.29) is 31.1 Å². The van der Waals surface area contributed by atoms with Gasteiger partial charge in [-0.2, -0.15) is 0 Å². The molecule has 0 heterocycles. The normalized spacial score (nSPS) is 12.8. The van der Waals surface area contributed by atoms with Crippen LogP contribution in [0.15, 0.2) is 146 Å². The Morgan fingerprint density at radius 1 is 0.288 bits per heavy atom. The van der Waals surface area contributed by atoms with E-state index in [1.54, 1.807) is 0 Å². The highest BCUT2D eigenvalue weighted by Crippen LogP contribution is 2.13. The zero-order chi connectivity index (χ0) is 52.9. The molecule has 0 fully saturated rings. The molecule has 0 aliphatic heterocycles. The monoisotopic (exact) mass is 1010 g/mol. The average molecular weight is 1010 g/mol. The van der Waals surface area contributed by atoms with Crippen molar-refractivity contribution in [1.82, 2.24) is 0 Å². The predicted octanol–water partition coefficient (Wildman–Crippen LogP) is 20.0. The third-order valence-electron chi connectivity index (χ3n) is 11.8. The van der Waals surface area contributed by atoms with Crippen molar-refractivity contribution in [3.8, 4) is 0 Å². The van der Waals surface area contributed by atoms with Crippen LogP contribution >= 0.6 is 0 Å². The minimum Gasteiger partial charge on any atom is -0.462 e. The Hall–Kier alpha value is -4.71. The molecular formula is C67H106O6. The number of esters is 3. The summed E-state index contributed by atoms with van der Waals surface area (Å²) in [5.74, 6) is -0.989. The molecule has 0 aliphatic carbocycles. The molecule has 6 nitrogen and oxygen atoms in total. The molecule has 0 rings (SSSR count). The fourth-order valence-corrected chi connectivity index (χ4v) is 7.47. The smallest absolute Gasteiger partial charge is 0.306 e. The van der Waals surface area contributed by atoms with E-state index in [2.05, 4.69) is 167 Å². The van der Waals surface area contributed by atoms with Gasteiger partial charge in [0.2, 0.25) is 0 Å². The summed E-state index contributed by atoms with van der Waals surface area (Å²) in [7, 11) is 0. The molecular weight excluding hydrogens is 901 g/mol. The number of unbranched alkanes of at least 4 members (excludes halogenated alkanes) is 16. The summed E-state index contributed by atoms with van der Waals surface area (Å²) in [5.41, 5.74) is 0. The molecule has 0 spiro atoms. The summed E-state index contributed by atoms with van der Waals surface area (Å²) in [6.45, 7) is 6.32. The van der Waals surface area contributed by atoms with Crippen LogP contribution in [0.1, 0.15) is 239 Å². The number of hydrogen-bond acceptors (Lipinski definition) is 6. The van der Waals surface area contributed by atoms with Gasteiger partial charge < -0.3 is 14.2 Å². The lowest BCUT2D eigenvalue weighted by Crippen LogP contribution is -2.30. The van der Waals surface area contributed by atoms with Crippen molar-refractivity contribution in [2.75, 3.05) is 13.2 Å². The van der Waals surface area contributed by atoms with Crippen LogP contribution in [0.2, 0.25) is 0 Å². The predicted molar refractivity (Wildman–Crippen MR) is 315 cm³/mol. The minimum absolute atomic E-state index is 0.115. The molecule has 0 amide bonds. The lowest BCUT2D eigenvalue weighted by atomic mass is 10.1. The first-order chi connectivity index (χ1) is 36.0. The van der Waals surface area contributed by atoms with E-state index in [1.165, 1.54) is 51.4 Å². The molecule has 0 N–H and O–H groups in total. The second-order valence-electron chi connectivity index (χ2n) is 18.8. The van der Waals surface area contributed by atoms with Gasteiger partial charge in [-0.15, -0.1) is 0 Å². The Labute approximate surface area is 448 Å². The maximum atomic E-state index is 12.9. The number of rotatable bonds is 51. The van der Waals surface area contributed by atoms with Crippen LogP contribution < -0.4 is 0 Å². The number of carbonyl (C=O) groups excluding carboxylic acids is 3. The van der Waals surface area contributed by atoms with Crippen LogP contribution in [0.3, 0.4) is 0 Å². The zero-order valence-corrected chi connectivity index (χ0v) is 46.8. The Bertz CT molecular complexity index is 1540. The first kappa shape index (κ1) is 68.3. The van der Waals surface area contributed by atoms with Gasteiger partial charge >= 0.3 is 17.9 Å². The van der Waals surface area contributed by atoms with E-state index in [0.29, 0.717) is 19.3 Å². The van der Waals surface area contributed by atoms with E-state index < -0.39 is 6.10 Å². The van der Waals surface area contributed by atoms with E-state index in [1.807, 2.05) is 0 Å². The number of ether oxygens (including phenoxy) is 3. The van der Waals surface area contributed by atoms with Gasteiger partial charge in [0, 0.05) is 19.3 Å². The molecule has 0 aromatic rings. The molecule has 73 heavy (non-hydrogen) atoms. The molecule has 0 unspecified atom stereocenters. The molecule has 0 aliphatic rings. The highest BCUT2D eigenvalue weighted by atomic mass is 16.6. The molecule has 0 atom stereocenters. The summed E-state index contributed by atoms with van der Waals surface area (Å²) >= 11 is 0. The molecule has 0 aromatic carbocycles. The summed E-state index contributed by atoms with van der Waals surface area (Å²) in [5, 5.41) is 0. The Kier molecular flexibility index (Phi) is 56.0. The minimum atomic E-state index is -0.818. The van der Waals surface area contributed by atoms with Gasteiger partial charge in [-0.1, -0.05) is 224 Å². The van der Waals surface area contributed by atoms with Crippen molar-refractivity contribution in [3.05, 3.63) is 146 Å². The Morgan fingerprint density at radius 3 is 0.849 bits per heavy atom. The first-order valence-corrected chi connectivity index (χ1v) is 29.3. The summed E-state index contributed by atoms with van der Waals surface area (Å²) in [6, 6.07) is 0. The third kappa shape index (κ3) is 58.1. The maximum Gasteiger partial charge on any atom is 0.306 e. The fraction of sp³-hybridized carbons (Fsp3) is 0.597.